The third-order valence-corrected chi connectivity index (χ3v) is 6.95. The Morgan fingerprint density at radius 2 is 2.21 bits per heavy atom. The number of halogens is 1. The summed E-state index contributed by atoms with van der Waals surface area (Å²) in [4.78, 5) is 21.7. The van der Waals surface area contributed by atoms with Gasteiger partial charge >= 0.3 is 10.3 Å². The summed E-state index contributed by atoms with van der Waals surface area (Å²) in [6, 6.07) is 1.48. The zero-order valence-electron chi connectivity index (χ0n) is 17.3. The molecule has 4 rings (SSSR count). The fourth-order valence-electron chi connectivity index (χ4n) is 3.37. The van der Waals surface area contributed by atoms with Crippen molar-refractivity contribution in [3.05, 3.63) is 50.8 Å². The van der Waals surface area contributed by atoms with Crippen LogP contribution in [0, 0.1) is 17.8 Å². The van der Waals surface area contributed by atoms with Gasteiger partial charge in [-0.15, -0.1) is 11.3 Å². The molecule has 2 aliphatic carbocycles. The molecule has 1 unspecified atom stereocenters. The highest BCUT2D eigenvalue weighted by molar-refractivity contribution is 7.84. The number of thiophene rings is 1. The number of aliphatic hydroxyl groups is 1. The van der Waals surface area contributed by atoms with Crippen LogP contribution in [0.15, 0.2) is 30.4 Å². The molecular weight excluding hydrogens is 488 g/mol. The van der Waals surface area contributed by atoms with Gasteiger partial charge in [0, 0.05) is 23.7 Å². The van der Waals surface area contributed by atoms with E-state index in [1.165, 1.54) is 12.5 Å². The van der Waals surface area contributed by atoms with E-state index in [9.17, 15) is 18.3 Å². The quantitative estimate of drug-likeness (QED) is 0.294. The maximum Gasteiger partial charge on any atom is 0.379 e. The first kappa shape index (κ1) is 23.7. The Labute approximate surface area is 200 Å². The van der Waals surface area contributed by atoms with Crippen LogP contribution in [0.1, 0.15) is 59.0 Å². The SMILES string of the molecule is NS(=O)(=O)O/C=C1\CC[C@H](Nc2ncncc2C(=O)c2cc(C(O)C#CC3CC3)c(Cl)s2)C1. The van der Waals surface area contributed by atoms with Gasteiger partial charge in [-0.1, -0.05) is 23.4 Å². The van der Waals surface area contributed by atoms with Gasteiger partial charge in [-0.3, -0.25) is 4.79 Å². The van der Waals surface area contributed by atoms with Gasteiger partial charge < -0.3 is 14.6 Å². The number of ketones is 1. The van der Waals surface area contributed by atoms with Crippen molar-refractivity contribution in [1.29, 1.82) is 0 Å². The van der Waals surface area contributed by atoms with Crippen LogP contribution in [-0.4, -0.2) is 35.3 Å². The minimum Gasteiger partial charge on any atom is -0.379 e. The minimum atomic E-state index is -4.05. The van der Waals surface area contributed by atoms with Gasteiger partial charge in [0.25, 0.3) is 0 Å². The van der Waals surface area contributed by atoms with E-state index in [4.69, 9.17) is 16.7 Å². The highest BCUT2D eigenvalue weighted by Gasteiger charge is 2.25. The van der Waals surface area contributed by atoms with Gasteiger partial charge in [0.05, 0.1) is 10.4 Å². The Balaban J connectivity index is 1.48. The molecule has 2 aromatic rings. The molecule has 2 heterocycles. The van der Waals surface area contributed by atoms with E-state index in [0.717, 1.165) is 36.0 Å². The zero-order valence-corrected chi connectivity index (χ0v) is 19.7. The van der Waals surface area contributed by atoms with Gasteiger partial charge in [0.1, 0.15) is 28.8 Å². The first-order valence-electron chi connectivity index (χ1n) is 10.2. The number of aromatic nitrogens is 2. The third-order valence-electron chi connectivity index (χ3n) is 5.20. The molecule has 2 atom stereocenters. The smallest absolute Gasteiger partial charge is 0.379 e. The van der Waals surface area contributed by atoms with Crippen LogP contribution in [0.5, 0.6) is 0 Å². The van der Waals surface area contributed by atoms with Crippen molar-refractivity contribution in [1.82, 2.24) is 9.97 Å². The maximum atomic E-state index is 13.2. The average Bonchev–Trinajstić information content (AvgIpc) is 3.36. The summed E-state index contributed by atoms with van der Waals surface area (Å²) < 4.78 is 26.8. The monoisotopic (exact) mass is 508 g/mol. The molecule has 4 N–H and O–H groups in total. The Bertz CT molecular complexity index is 1260. The van der Waals surface area contributed by atoms with Crippen LogP contribution in [0.3, 0.4) is 0 Å². The van der Waals surface area contributed by atoms with Gasteiger partial charge in [-0.05, 0) is 43.7 Å². The molecule has 9 nitrogen and oxygen atoms in total. The molecule has 2 saturated carbocycles. The topological polar surface area (TPSA) is 144 Å². The van der Waals surface area contributed by atoms with Crippen molar-refractivity contribution in [2.75, 3.05) is 5.32 Å². The normalized spacial score (nSPS) is 20.2. The predicted octanol–water partition coefficient (Wildman–Crippen LogP) is 2.94. The summed E-state index contributed by atoms with van der Waals surface area (Å²) >= 11 is 7.35. The largest absolute Gasteiger partial charge is 0.379 e. The molecule has 0 spiro atoms. The summed E-state index contributed by atoms with van der Waals surface area (Å²) in [5.74, 6) is 6.16. The van der Waals surface area contributed by atoms with Crippen molar-refractivity contribution in [3.8, 4) is 11.8 Å². The lowest BCUT2D eigenvalue weighted by atomic mass is 10.1. The number of rotatable bonds is 7. The van der Waals surface area contributed by atoms with Crippen molar-refractivity contribution < 1.29 is 22.5 Å². The Morgan fingerprint density at radius 3 is 2.94 bits per heavy atom. The summed E-state index contributed by atoms with van der Waals surface area (Å²) in [7, 11) is -4.05. The highest BCUT2D eigenvalue weighted by Crippen LogP contribution is 2.35. The van der Waals surface area contributed by atoms with Crippen molar-refractivity contribution in [3.63, 3.8) is 0 Å². The van der Waals surface area contributed by atoms with Crippen LogP contribution in [-0.2, 0) is 14.5 Å². The van der Waals surface area contributed by atoms with Gasteiger partial charge in [-0.25, -0.2) is 9.97 Å². The number of carbonyl (C=O) groups is 1. The minimum absolute atomic E-state index is 0.0798. The maximum absolute atomic E-state index is 13.2. The predicted molar refractivity (Wildman–Crippen MR) is 124 cm³/mol. The van der Waals surface area contributed by atoms with Crippen LogP contribution in [0.25, 0.3) is 0 Å². The molecule has 174 valence electrons. The lowest BCUT2D eigenvalue weighted by Crippen LogP contribution is -2.19. The molecular formula is C21H21ClN4O5S2. The molecule has 2 aliphatic rings. The number of nitrogens with zero attached hydrogens (tertiary/aromatic N) is 2. The summed E-state index contributed by atoms with van der Waals surface area (Å²) in [5, 5.41) is 18.4. The fourth-order valence-corrected chi connectivity index (χ4v) is 4.91. The second-order valence-electron chi connectivity index (χ2n) is 7.87. The summed E-state index contributed by atoms with van der Waals surface area (Å²) in [5.41, 5.74) is 1.45. The molecule has 0 saturated heterocycles. The second-order valence-corrected chi connectivity index (χ2v) is 10.7. The van der Waals surface area contributed by atoms with Crippen LogP contribution in [0.4, 0.5) is 5.82 Å². The molecule has 0 radical (unpaired) electrons. The van der Waals surface area contributed by atoms with Crippen molar-refractivity contribution in [2.45, 2.75) is 44.2 Å². The van der Waals surface area contributed by atoms with E-state index in [1.54, 1.807) is 6.07 Å². The first-order chi connectivity index (χ1) is 15.7. The second kappa shape index (κ2) is 9.79. The van der Waals surface area contributed by atoms with E-state index >= 15 is 0 Å². The fraction of sp³-hybridized carbons (Fsp3) is 0.381. The van der Waals surface area contributed by atoms with Crippen molar-refractivity contribution in [2.24, 2.45) is 11.1 Å². The van der Waals surface area contributed by atoms with E-state index < -0.39 is 16.4 Å². The molecule has 33 heavy (non-hydrogen) atoms. The van der Waals surface area contributed by atoms with Crippen LogP contribution < -0.4 is 10.5 Å². The Hall–Kier alpha value is -2.49. The number of carbonyl (C=O) groups excluding carboxylic acids is 1. The summed E-state index contributed by atoms with van der Waals surface area (Å²) in [6.07, 6.45) is 6.75. The van der Waals surface area contributed by atoms with Crippen LogP contribution >= 0.6 is 22.9 Å². The zero-order chi connectivity index (χ0) is 23.6. The first-order valence-corrected chi connectivity index (χ1v) is 12.8. The number of hydrogen-bond acceptors (Lipinski definition) is 9. The molecule has 12 heteroatoms. The van der Waals surface area contributed by atoms with Gasteiger partial charge in [0.2, 0.25) is 5.78 Å². The molecule has 0 aromatic carbocycles. The standard InChI is InChI=1S/C21H21ClN4O5S2/c22-20-15(17(27)6-4-12-1-2-12)8-18(32-20)19(28)16-9-24-11-25-21(16)26-14-5-3-13(7-14)10-31-33(23,29)30/h8-12,14,17,27H,1-3,5,7H2,(H2,23,29,30)(H,24,25,26)/b13-10+/t14-,17?/m0/s1. The van der Waals surface area contributed by atoms with E-state index in [-0.39, 0.29) is 17.4 Å². The molecule has 0 bridgehead atoms. The van der Waals surface area contributed by atoms with E-state index in [2.05, 4.69) is 31.3 Å². The van der Waals surface area contributed by atoms with Gasteiger partial charge in [-0.2, -0.15) is 13.6 Å². The van der Waals surface area contributed by atoms with E-state index in [1.807, 2.05) is 0 Å². The lowest BCUT2D eigenvalue weighted by Gasteiger charge is -2.14. The lowest BCUT2D eigenvalue weighted by molar-refractivity contribution is 0.104. The van der Waals surface area contributed by atoms with Gasteiger partial charge in [0.15, 0.2) is 0 Å². The highest BCUT2D eigenvalue weighted by atomic mass is 35.5. The Morgan fingerprint density at radius 1 is 1.42 bits per heavy atom. The number of hydrogen-bond donors (Lipinski definition) is 3. The number of nitrogens with two attached hydrogens (primary N) is 1. The molecule has 0 amide bonds. The summed E-state index contributed by atoms with van der Waals surface area (Å²) in [6.45, 7) is 0. The Kier molecular flexibility index (Phi) is 7.02. The van der Waals surface area contributed by atoms with Crippen LogP contribution in [0.2, 0.25) is 4.34 Å². The number of aliphatic hydroxyl groups excluding tert-OH is 1. The molecule has 0 aliphatic heterocycles. The molecule has 2 aromatic heterocycles. The molecule has 2 fully saturated rings. The average molecular weight is 509 g/mol. The number of nitrogens with one attached hydrogen (secondary N) is 1. The third kappa shape index (κ3) is 6.31. The van der Waals surface area contributed by atoms with E-state index in [0.29, 0.717) is 45.8 Å². The van der Waals surface area contributed by atoms with Crippen molar-refractivity contribution >= 4 is 44.8 Å². The number of anilines is 1.